The lowest BCUT2D eigenvalue weighted by Gasteiger charge is -2.08. The van der Waals surface area contributed by atoms with E-state index in [9.17, 15) is 8.78 Å². The van der Waals surface area contributed by atoms with Gasteiger partial charge in [0.05, 0.1) is 0 Å². The van der Waals surface area contributed by atoms with E-state index in [4.69, 9.17) is 0 Å². The Bertz CT molecular complexity index is 584. The van der Waals surface area contributed by atoms with Crippen molar-refractivity contribution in [1.82, 2.24) is 5.32 Å². The highest BCUT2D eigenvalue weighted by Crippen LogP contribution is 2.15. The van der Waals surface area contributed by atoms with E-state index in [1.807, 2.05) is 0 Å². The summed E-state index contributed by atoms with van der Waals surface area (Å²) in [6.07, 6.45) is 0. The number of rotatable bonds is 4. The number of benzene rings is 2. The van der Waals surface area contributed by atoms with Gasteiger partial charge in [-0.1, -0.05) is 28.1 Å². The van der Waals surface area contributed by atoms with Crippen molar-refractivity contribution in [2.24, 2.45) is 0 Å². The SMILES string of the molecule is Cc1cc(CNCc2cc(Br)ccc2F)ccc1F. The molecule has 0 bridgehead atoms. The smallest absolute Gasteiger partial charge is 0.127 e. The van der Waals surface area contributed by atoms with E-state index >= 15 is 0 Å². The van der Waals surface area contributed by atoms with Crippen LogP contribution in [0.25, 0.3) is 0 Å². The van der Waals surface area contributed by atoms with E-state index in [-0.39, 0.29) is 11.6 Å². The van der Waals surface area contributed by atoms with Gasteiger partial charge < -0.3 is 5.32 Å². The minimum absolute atomic E-state index is 0.207. The summed E-state index contributed by atoms with van der Waals surface area (Å²) in [6.45, 7) is 2.74. The molecule has 0 spiro atoms. The van der Waals surface area contributed by atoms with Crippen LogP contribution in [0.4, 0.5) is 8.78 Å². The number of hydrogen-bond donors (Lipinski definition) is 1. The molecule has 0 heterocycles. The second-order valence-electron chi connectivity index (χ2n) is 4.42. The number of aryl methyl sites for hydroxylation is 1. The average molecular weight is 326 g/mol. The Kier molecular flexibility index (Phi) is 4.66. The topological polar surface area (TPSA) is 12.0 Å². The molecule has 100 valence electrons. The molecule has 0 aliphatic heterocycles. The highest BCUT2D eigenvalue weighted by atomic mass is 79.9. The summed E-state index contributed by atoms with van der Waals surface area (Å²) >= 11 is 3.31. The minimum Gasteiger partial charge on any atom is -0.309 e. The van der Waals surface area contributed by atoms with E-state index < -0.39 is 0 Å². The van der Waals surface area contributed by atoms with Crippen molar-refractivity contribution in [3.05, 3.63) is 69.2 Å². The zero-order valence-electron chi connectivity index (χ0n) is 10.5. The summed E-state index contributed by atoms with van der Waals surface area (Å²) in [7, 11) is 0. The molecule has 2 aromatic rings. The van der Waals surface area contributed by atoms with Crippen LogP contribution >= 0.6 is 15.9 Å². The minimum atomic E-state index is -0.231. The quantitative estimate of drug-likeness (QED) is 0.882. The molecular formula is C15H14BrF2N. The Morgan fingerprint density at radius 3 is 2.47 bits per heavy atom. The van der Waals surface area contributed by atoms with Gasteiger partial charge in [-0.25, -0.2) is 8.78 Å². The zero-order chi connectivity index (χ0) is 13.8. The van der Waals surface area contributed by atoms with Crippen LogP contribution in [0.5, 0.6) is 0 Å². The van der Waals surface area contributed by atoms with E-state index in [2.05, 4.69) is 21.2 Å². The van der Waals surface area contributed by atoms with Crippen LogP contribution in [0.15, 0.2) is 40.9 Å². The average Bonchev–Trinajstić information content (AvgIpc) is 2.38. The molecule has 0 aliphatic carbocycles. The van der Waals surface area contributed by atoms with Gasteiger partial charge in [0, 0.05) is 23.1 Å². The van der Waals surface area contributed by atoms with Crippen LogP contribution in [0, 0.1) is 18.6 Å². The van der Waals surface area contributed by atoms with Crippen molar-refractivity contribution in [3.8, 4) is 0 Å². The maximum absolute atomic E-state index is 13.5. The fraction of sp³-hybridized carbons (Fsp3) is 0.200. The van der Waals surface area contributed by atoms with Crippen molar-refractivity contribution in [2.75, 3.05) is 0 Å². The van der Waals surface area contributed by atoms with Crippen molar-refractivity contribution < 1.29 is 8.78 Å². The summed E-state index contributed by atoms with van der Waals surface area (Å²) < 4.78 is 27.5. The molecule has 0 saturated heterocycles. The summed E-state index contributed by atoms with van der Waals surface area (Å²) in [5, 5.41) is 3.15. The molecule has 0 unspecified atom stereocenters. The Morgan fingerprint density at radius 1 is 1.00 bits per heavy atom. The predicted octanol–water partition coefficient (Wildman–Crippen LogP) is 4.33. The first-order valence-electron chi connectivity index (χ1n) is 5.96. The molecule has 0 aromatic heterocycles. The maximum atomic E-state index is 13.5. The van der Waals surface area contributed by atoms with Crippen molar-refractivity contribution in [2.45, 2.75) is 20.0 Å². The van der Waals surface area contributed by atoms with E-state index in [0.29, 0.717) is 24.2 Å². The fourth-order valence-corrected chi connectivity index (χ4v) is 2.25. The van der Waals surface area contributed by atoms with E-state index in [0.717, 1.165) is 10.0 Å². The lowest BCUT2D eigenvalue weighted by molar-refractivity contribution is 0.586. The van der Waals surface area contributed by atoms with Gasteiger partial charge in [-0.05, 0) is 42.3 Å². The molecule has 1 nitrogen and oxygen atoms in total. The molecule has 19 heavy (non-hydrogen) atoms. The molecule has 2 rings (SSSR count). The lowest BCUT2D eigenvalue weighted by atomic mass is 10.1. The van der Waals surface area contributed by atoms with Crippen molar-refractivity contribution >= 4 is 15.9 Å². The Morgan fingerprint density at radius 2 is 1.74 bits per heavy atom. The van der Waals surface area contributed by atoms with Gasteiger partial charge in [0.1, 0.15) is 11.6 Å². The van der Waals surface area contributed by atoms with Crippen LogP contribution in [0.2, 0.25) is 0 Å². The van der Waals surface area contributed by atoms with Gasteiger partial charge in [-0.15, -0.1) is 0 Å². The normalized spacial score (nSPS) is 10.7. The summed E-state index contributed by atoms with van der Waals surface area (Å²) in [5.41, 5.74) is 2.20. The largest absolute Gasteiger partial charge is 0.309 e. The third kappa shape index (κ3) is 3.85. The number of nitrogens with one attached hydrogen (secondary N) is 1. The van der Waals surface area contributed by atoms with Gasteiger partial charge >= 0.3 is 0 Å². The predicted molar refractivity (Wildman–Crippen MR) is 75.8 cm³/mol. The van der Waals surface area contributed by atoms with Gasteiger partial charge in [-0.2, -0.15) is 0 Å². The van der Waals surface area contributed by atoms with E-state index in [1.54, 1.807) is 31.2 Å². The molecule has 0 saturated carbocycles. The molecule has 4 heteroatoms. The zero-order valence-corrected chi connectivity index (χ0v) is 12.1. The summed E-state index contributed by atoms with van der Waals surface area (Å²) in [4.78, 5) is 0. The molecule has 0 fully saturated rings. The first-order valence-corrected chi connectivity index (χ1v) is 6.75. The number of halogens is 3. The first-order chi connectivity index (χ1) is 9.06. The molecule has 0 radical (unpaired) electrons. The van der Waals surface area contributed by atoms with Crippen LogP contribution in [0.3, 0.4) is 0 Å². The molecule has 1 N–H and O–H groups in total. The van der Waals surface area contributed by atoms with E-state index in [1.165, 1.54) is 12.1 Å². The maximum Gasteiger partial charge on any atom is 0.127 e. The lowest BCUT2D eigenvalue weighted by Crippen LogP contribution is -2.14. The van der Waals surface area contributed by atoms with Crippen molar-refractivity contribution in [3.63, 3.8) is 0 Å². The second-order valence-corrected chi connectivity index (χ2v) is 5.34. The third-order valence-corrected chi connectivity index (χ3v) is 3.37. The van der Waals surface area contributed by atoms with Crippen molar-refractivity contribution in [1.29, 1.82) is 0 Å². The van der Waals surface area contributed by atoms with Crippen LogP contribution in [0.1, 0.15) is 16.7 Å². The molecule has 0 atom stereocenters. The standard InChI is InChI=1S/C15H14BrF2N/c1-10-6-11(2-4-14(10)17)8-19-9-12-7-13(16)3-5-15(12)18/h2-7,19H,8-9H2,1H3. The molecule has 0 amide bonds. The highest BCUT2D eigenvalue weighted by Gasteiger charge is 2.03. The Hall–Kier alpha value is -1.26. The summed E-state index contributed by atoms with van der Waals surface area (Å²) in [6, 6.07) is 9.82. The summed E-state index contributed by atoms with van der Waals surface area (Å²) in [5.74, 6) is -0.437. The van der Waals surface area contributed by atoms with Gasteiger partial charge in [0.15, 0.2) is 0 Å². The number of hydrogen-bond acceptors (Lipinski definition) is 1. The third-order valence-electron chi connectivity index (χ3n) is 2.87. The second kappa shape index (κ2) is 6.26. The monoisotopic (exact) mass is 325 g/mol. The van der Waals surface area contributed by atoms with Crippen LogP contribution < -0.4 is 5.32 Å². The highest BCUT2D eigenvalue weighted by molar-refractivity contribution is 9.10. The Labute approximate surface area is 119 Å². The molecular weight excluding hydrogens is 312 g/mol. The van der Waals surface area contributed by atoms with Gasteiger partial charge in [0.25, 0.3) is 0 Å². The van der Waals surface area contributed by atoms with Gasteiger partial charge in [-0.3, -0.25) is 0 Å². The fourth-order valence-electron chi connectivity index (χ4n) is 1.84. The van der Waals surface area contributed by atoms with Gasteiger partial charge in [0.2, 0.25) is 0 Å². The first kappa shape index (κ1) is 14.2. The molecule has 0 aliphatic rings. The molecule has 2 aromatic carbocycles. The van der Waals surface area contributed by atoms with Crippen LogP contribution in [-0.4, -0.2) is 0 Å². The Balaban J connectivity index is 1.96. The van der Waals surface area contributed by atoms with Crippen LogP contribution in [-0.2, 0) is 13.1 Å².